The molecular weight excluding hydrogens is 622 g/mol. The van der Waals surface area contributed by atoms with Gasteiger partial charge in [-0.2, -0.15) is 8.78 Å². The lowest BCUT2D eigenvalue weighted by atomic mass is 9.93. The molecule has 10 nitrogen and oxygen atoms in total. The minimum Gasteiger partial charge on any atom is -0.444 e. The van der Waals surface area contributed by atoms with Gasteiger partial charge in [0, 0.05) is 6.54 Å². The molecule has 0 saturated carbocycles. The van der Waals surface area contributed by atoms with Crippen molar-refractivity contribution in [2.75, 3.05) is 11.9 Å². The lowest BCUT2D eigenvalue weighted by molar-refractivity contribution is -0.169. The second-order valence-electron chi connectivity index (χ2n) is 11.5. The summed E-state index contributed by atoms with van der Waals surface area (Å²) in [4.78, 5) is 51.9. The number of aromatic nitrogens is 1. The van der Waals surface area contributed by atoms with Crippen LogP contribution in [-0.4, -0.2) is 52.2 Å². The number of carbonyl (C=O) groups excluding carboxylic acids is 3. The van der Waals surface area contributed by atoms with E-state index in [-0.39, 0.29) is 18.8 Å². The molecule has 48 heavy (non-hydrogen) atoms. The Morgan fingerprint density at radius 3 is 2.04 bits per heavy atom. The molecule has 4 rings (SSSR count). The number of rotatable bonds is 14. The Labute approximate surface area is 276 Å². The SMILES string of the molecule is CC(C)C(NC(=O)Cn1c(-c2ccccc2)ccc(NC(=O)OCc2ccccc2)c1=O)C(O)C(F)(F)C(=O)NCCc1ccccc1. The van der Waals surface area contributed by atoms with Gasteiger partial charge in [0.1, 0.15) is 24.9 Å². The molecule has 1 heterocycles. The van der Waals surface area contributed by atoms with E-state index >= 15 is 8.78 Å². The van der Waals surface area contributed by atoms with E-state index in [9.17, 15) is 24.3 Å². The number of aliphatic hydroxyl groups excluding tert-OH is 1. The maximum absolute atomic E-state index is 15.2. The average Bonchev–Trinajstić information content (AvgIpc) is 3.09. The Morgan fingerprint density at radius 1 is 0.854 bits per heavy atom. The molecule has 0 aliphatic rings. The number of pyridine rings is 1. The van der Waals surface area contributed by atoms with Gasteiger partial charge in [0.2, 0.25) is 5.91 Å². The summed E-state index contributed by atoms with van der Waals surface area (Å²) in [6, 6.07) is 27.9. The summed E-state index contributed by atoms with van der Waals surface area (Å²) < 4.78 is 36.7. The second-order valence-corrected chi connectivity index (χ2v) is 11.5. The first kappa shape index (κ1) is 35.5. The maximum Gasteiger partial charge on any atom is 0.412 e. The number of carbonyl (C=O) groups is 3. The molecule has 4 aromatic rings. The number of ether oxygens (including phenoxy) is 1. The van der Waals surface area contributed by atoms with Crippen LogP contribution in [0.2, 0.25) is 0 Å². The minimum absolute atomic E-state index is 0.0417. The van der Waals surface area contributed by atoms with Gasteiger partial charge >= 0.3 is 12.0 Å². The van der Waals surface area contributed by atoms with E-state index in [0.29, 0.717) is 17.7 Å². The largest absolute Gasteiger partial charge is 0.444 e. The van der Waals surface area contributed by atoms with Crippen LogP contribution in [0.3, 0.4) is 0 Å². The van der Waals surface area contributed by atoms with Crippen molar-refractivity contribution < 1.29 is 33.0 Å². The fourth-order valence-corrected chi connectivity index (χ4v) is 4.99. The molecular formula is C36H38F2N4O6. The highest BCUT2D eigenvalue weighted by molar-refractivity contribution is 5.85. The van der Waals surface area contributed by atoms with Crippen LogP contribution in [0.15, 0.2) is 108 Å². The highest BCUT2D eigenvalue weighted by Gasteiger charge is 2.51. The van der Waals surface area contributed by atoms with Gasteiger partial charge in [0.15, 0.2) is 0 Å². The van der Waals surface area contributed by atoms with E-state index < -0.39 is 54.0 Å². The van der Waals surface area contributed by atoms with Crippen molar-refractivity contribution in [1.29, 1.82) is 0 Å². The summed E-state index contributed by atoms with van der Waals surface area (Å²) in [5, 5.41) is 17.7. The van der Waals surface area contributed by atoms with E-state index in [4.69, 9.17) is 4.74 Å². The molecule has 3 aromatic carbocycles. The number of hydrogen-bond donors (Lipinski definition) is 4. The third-order valence-corrected chi connectivity index (χ3v) is 7.60. The van der Waals surface area contributed by atoms with Crippen LogP contribution >= 0.6 is 0 Å². The topological polar surface area (TPSA) is 139 Å². The van der Waals surface area contributed by atoms with Gasteiger partial charge in [-0.1, -0.05) is 105 Å². The number of nitrogens with one attached hydrogen (secondary N) is 3. The van der Waals surface area contributed by atoms with Gasteiger partial charge in [0.25, 0.3) is 11.5 Å². The lowest BCUT2D eigenvalue weighted by Crippen LogP contribution is -2.59. The van der Waals surface area contributed by atoms with Crippen molar-refractivity contribution in [3.63, 3.8) is 0 Å². The Morgan fingerprint density at radius 2 is 1.44 bits per heavy atom. The molecule has 4 N–H and O–H groups in total. The highest BCUT2D eigenvalue weighted by atomic mass is 19.3. The number of anilines is 1. The number of nitrogens with zero attached hydrogens (tertiary/aromatic N) is 1. The average molecular weight is 661 g/mol. The zero-order chi connectivity index (χ0) is 34.7. The van der Waals surface area contributed by atoms with Crippen molar-refractivity contribution in [1.82, 2.24) is 15.2 Å². The summed E-state index contributed by atoms with van der Waals surface area (Å²) in [7, 11) is 0. The van der Waals surface area contributed by atoms with Crippen LogP contribution in [0.4, 0.5) is 19.3 Å². The standard InChI is InChI=1S/C36H38F2N4O6/c1-24(2)31(32(44)36(37,38)34(46)39-21-20-25-12-6-3-7-13-25)41-30(43)22-42-29(27-16-10-5-11-17-27)19-18-28(33(42)45)40-35(47)48-23-26-14-8-4-9-15-26/h3-19,24,31-32,44H,20-23H2,1-2H3,(H,39,46)(H,40,47)(H,41,43). The zero-order valence-corrected chi connectivity index (χ0v) is 26.6. The molecule has 2 atom stereocenters. The van der Waals surface area contributed by atoms with Crippen molar-refractivity contribution >= 4 is 23.6 Å². The number of alkyl halides is 2. The minimum atomic E-state index is -4.24. The summed E-state index contributed by atoms with van der Waals surface area (Å²) in [5.74, 6) is -7.53. The Hall–Kier alpha value is -5.36. The predicted octanol–water partition coefficient (Wildman–Crippen LogP) is 4.76. The molecule has 1 aromatic heterocycles. The van der Waals surface area contributed by atoms with Gasteiger partial charge in [-0.15, -0.1) is 0 Å². The van der Waals surface area contributed by atoms with Gasteiger partial charge in [-0.25, -0.2) is 4.79 Å². The monoisotopic (exact) mass is 660 g/mol. The van der Waals surface area contributed by atoms with E-state index in [1.165, 1.54) is 26.0 Å². The third-order valence-electron chi connectivity index (χ3n) is 7.60. The molecule has 3 amide bonds. The van der Waals surface area contributed by atoms with Crippen molar-refractivity contribution in [2.24, 2.45) is 5.92 Å². The first-order chi connectivity index (χ1) is 23.0. The van der Waals surface area contributed by atoms with Crippen LogP contribution in [0, 0.1) is 5.92 Å². The van der Waals surface area contributed by atoms with Gasteiger partial charge < -0.3 is 20.5 Å². The van der Waals surface area contributed by atoms with Gasteiger partial charge in [0.05, 0.1) is 11.7 Å². The first-order valence-electron chi connectivity index (χ1n) is 15.4. The Kier molecular flexibility index (Phi) is 12.2. The van der Waals surface area contributed by atoms with Crippen molar-refractivity contribution in [2.45, 2.75) is 51.5 Å². The number of hydrogen-bond acceptors (Lipinski definition) is 6. The molecule has 12 heteroatoms. The zero-order valence-electron chi connectivity index (χ0n) is 26.6. The van der Waals surface area contributed by atoms with E-state index in [2.05, 4.69) is 16.0 Å². The quantitative estimate of drug-likeness (QED) is 0.154. The fourth-order valence-electron chi connectivity index (χ4n) is 4.99. The highest BCUT2D eigenvalue weighted by Crippen LogP contribution is 2.25. The summed E-state index contributed by atoms with van der Waals surface area (Å²) in [5.41, 5.74) is 1.51. The molecule has 0 bridgehead atoms. The van der Waals surface area contributed by atoms with Gasteiger partial charge in [-0.05, 0) is 41.2 Å². The predicted molar refractivity (Wildman–Crippen MR) is 177 cm³/mol. The van der Waals surface area contributed by atoms with Crippen molar-refractivity contribution in [3.8, 4) is 11.3 Å². The second kappa shape index (κ2) is 16.5. The van der Waals surface area contributed by atoms with Crippen LogP contribution in [0.25, 0.3) is 11.3 Å². The molecule has 0 radical (unpaired) electrons. The summed E-state index contributed by atoms with van der Waals surface area (Å²) in [6.45, 7) is 2.23. The maximum atomic E-state index is 15.2. The molecule has 0 saturated heterocycles. The summed E-state index contributed by atoms with van der Waals surface area (Å²) >= 11 is 0. The number of benzene rings is 3. The molecule has 2 unspecified atom stereocenters. The molecule has 0 aliphatic carbocycles. The van der Waals surface area contributed by atoms with E-state index in [0.717, 1.165) is 15.7 Å². The van der Waals surface area contributed by atoms with E-state index in [1.54, 1.807) is 78.9 Å². The lowest BCUT2D eigenvalue weighted by Gasteiger charge is -2.32. The number of amides is 3. The van der Waals surface area contributed by atoms with Crippen LogP contribution < -0.4 is 21.5 Å². The molecule has 252 valence electrons. The Bertz CT molecular complexity index is 1730. The van der Waals surface area contributed by atoms with Gasteiger partial charge in [-0.3, -0.25) is 24.3 Å². The Balaban J connectivity index is 1.49. The van der Waals surface area contributed by atoms with Crippen LogP contribution in [0.1, 0.15) is 25.0 Å². The third kappa shape index (κ3) is 9.35. The van der Waals surface area contributed by atoms with E-state index in [1.807, 2.05) is 12.1 Å². The first-order valence-corrected chi connectivity index (χ1v) is 15.4. The smallest absolute Gasteiger partial charge is 0.412 e. The van der Waals surface area contributed by atoms with Crippen molar-refractivity contribution in [3.05, 3.63) is 125 Å². The van der Waals surface area contributed by atoms with Crippen LogP contribution in [0.5, 0.6) is 0 Å². The number of aliphatic hydroxyl groups is 1. The molecule has 0 fully saturated rings. The normalized spacial score (nSPS) is 12.5. The fraction of sp³-hybridized carbons (Fsp3) is 0.278. The molecule has 0 aliphatic heterocycles. The van der Waals surface area contributed by atoms with Crippen LogP contribution in [-0.2, 0) is 33.9 Å². The molecule has 0 spiro atoms. The summed E-state index contributed by atoms with van der Waals surface area (Å²) in [6.07, 6.45) is -3.16. The number of halogens is 2.